The zero-order valence-electron chi connectivity index (χ0n) is 17.2. The Bertz CT molecular complexity index is 984. The fraction of sp³-hybridized carbons (Fsp3) is 0.619. The van der Waals surface area contributed by atoms with Gasteiger partial charge in [-0.1, -0.05) is 40.5 Å². The van der Waals surface area contributed by atoms with E-state index in [0.29, 0.717) is 23.7 Å². The molecular formula is C21H30N4O3. The van der Waals surface area contributed by atoms with Crippen molar-refractivity contribution in [1.82, 2.24) is 19.9 Å². The van der Waals surface area contributed by atoms with Crippen molar-refractivity contribution >= 4 is 16.9 Å². The van der Waals surface area contributed by atoms with E-state index in [9.17, 15) is 14.4 Å². The fourth-order valence-corrected chi connectivity index (χ4v) is 4.31. The van der Waals surface area contributed by atoms with Crippen LogP contribution in [0, 0.1) is 11.3 Å². The molecule has 7 nitrogen and oxygen atoms in total. The number of rotatable bonds is 4. The first-order chi connectivity index (χ1) is 13.2. The van der Waals surface area contributed by atoms with Crippen molar-refractivity contribution in [1.29, 1.82) is 0 Å². The molecule has 3 rings (SSSR count). The molecule has 28 heavy (non-hydrogen) atoms. The van der Waals surface area contributed by atoms with Gasteiger partial charge in [0.25, 0.3) is 11.5 Å². The van der Waals surface area contributed by atoms with Gasteiger partial charge >= 0.3 is 5.69 Å². The number of hydrogen-bond donors (Lipinski definition) is 2. The number of amides is 1. The van der Waals surface area contributed by atoms with Gasteiger partial charge in [-0.25, -0.2) is 9.78 Å². The van der Waals surface area contributed by atoms with Crippen LogP contribution >= 0.6 is 0 Å². The lowest BCUT2D eigenvalue weighted by molar-refractivity contribution is 0.0830. The Morgan fingerprint density at radius 3 is 2.68 bits per heavy atom. The molecule has 0 spiro atoms. The Morgan fingerprint density at radius 1 is 1.29 bits per heavy atom. The highest BCUT2D eigenvalue weighted by molar-refractivity contribution is 5.96. The van der Waals surface area contributed by atoms with Crippen LogP contribution in [0.3, 0.4) is 0 Å². The zero-order chi connectivity index (χ0) is 20.5. The summed E-state index contributed by atoms with van der Waals surface area (Å²) in [6.45, 7) is 9.05. The highest BCUT2D eigenvalue weighted by Crippen LogP contribution is 2.38. The first-order valence-corrected chi connectivity index (χ1v) is 10.2. The molecule has 2 N–H and O–H groups in total. The SMILES string of the molecule is CCCn1c(=O)[nH]c(=O)c2cc(C(=O)N[C@@H]3CCCC[C@@H]3C(C)(C)C)cnc21. The second kappa shape index (κ2) is 7.89. The lowest BCUT2D eigenvalue weighted by atomic mass is 9.69. The summed E-state index contributed by atoms with van der Waals surface area (Å²) in [5.41, 5.74) is -0.206. The van der Waals surface area contributed by atoms with Crippen LogP contribution in [0.4, 0.5) is 0 Å². The highest BCUT2D eigenvalue weighted by atomic mass is 16.2. The number of carbonyl (C=O) groups excluding carboxylic acids is 1. The Hall–Kier alpha value is -2.44. The van der Waals surface area contributed by atoms with Crippen LogP contribution in [-0.2, 0) is 6.54 Å². The largest absolute Gasteiger partial charge is 0.349 e. The van der Waals surface area contributed by atoms with Crippen LogP contribution in [0.5, 0.6) is 0 Å². The monoisotopic (exact) mass is 386 g/mol. The summed E-state index contributed by atoms with van der Waals surface area (Å²) in [4.78, 5) is 43.8. The van der Waals surface area contributed by atoms with E-state index >= 15 is 0 Å². The molecule has 0 aliphatic heterocycles. The molecule has 2 atom stereocenters. The molecule has 2 aromatic rings. The van der Waals surface area contributed by atoms with E-state index in [1.807, 2.05) is 6.92 Å². The number of fused-ring (bicyclic) bond motifs is 1. The molecule has 1 fully saturated rings. The topological polar surface area (TPSA) is 96.9 Å². The molecule has 1 aliphatic carbocycles. The van der Waals surface area contributed by atoms with Crippen LogP contribution in [0.1, 0.15) is 70.2 Å². The minimum absolute atomic E-state index is 0.115. The van der Waals surface area contributed by atoms with Crippen molar-refractivity contribution < 1.29 is 4.79 Å². The third kappa shape index (κ3) is 4.03. The maximum absolute atomic E-state index is 12.9. The van der Waals surface area contributed by atoms with E-state index in [1.54, 1.807) is 0 Å². The lowest BCUT2D eigenvalue weighted by Gasteiger charge is -2.40. The Balaban J connectivity index is 1.92. The number of aromatic amines is 1. The molecule has 0 radical (unpaired) electrons. The normalized spacial score (nSPS) is 20.3. The predicted octanol–water partition coefficient (Wildman–Crippen LogP) is 2.83. The molecule has 2 aromatic heterocycles. The van der Waals surface area contributed by atoms with Crippen molar-refractivity contribution in [2.45, 2.75) is 72.4 Å². The molecule has 152 valence electrons. The second-order valence-electron chi connectivity index (χ2n) is 8.84. The molecule has 0 saturated heterocycles. The third-order valence-electron chi connectivity index (χ3n) is 5.74. The number of pyridine rings is 1. The minimum atomic E-state index is -0.514. The number of aryl methyl sites for hydroxylation is 1. The molecule has 1 saturated carbocycles. The number of nitrogens with zero attached hydrogens (tertiary/aromatic N) is 2. The van der Waals surface area contributed by atoms with Crippen molar-refractivity contribution in [2.75, 3.05) is 0 Å². The molecule has 0 unspecified atom stereocenters. The fourth-order valence-electron chi connectivity index (χ4n) is 4.31. The van der Waals surface area contributed by atoms with Gasteiger partial charge in [0.1, 0.15) is 5.65 Å². The summed E-state index contributed by atoms with van der Waals surface area (Å²) in [7, 11) is 0. The third-order valence-corrected chi connectivity index (χ3v) is 5.74. The summed E-state index contributed by atoms with van der Waals surface area (Å²) < 4.78 is 1.44. The van der Waals surface area contributed by atoms with Gasteiger partial charge in [-0.15, -0.1) is 0 Å². The van der Waals surface area contributed by atoms with Crippen LogP contribution in [0.2, 0.25) is 0 Å². The van der Waals surface area contributed by atoms with E-state index in [2.05, 4.69) is 36.1 Å². The van der Waals surface area contributed by atoms with E-state index in [0.717, 1.165) is 25.7 Å². The summed E-state index contributed by atoms with van der Waals surface area (Å²) in [5.74, 6) is 0.194. The van der Waals surface area contributed by atoms with Gasteiger partial charge in [0.15, 0.2) is 0 Å². The van der Waals surface area contributed by atoms with Crippen molar-refractivity contribution in [3.63, 3.8) is 0 Å². The summed E-state index contributed by atoms with van der Waals surface area (Å²) in [6, 6.07) is 1.65. The van der Waals surface area contributed by atoms with Gasteiger partial charge in [-0.3, -0.25) is 19.1 Å². The van der Waals surface area contributed by atoms with E-state index in [4.69, 9.17) is 0 Å². The average Bonchev–Trinajstić information content (AvgIpc) is 2.64. The molecule has 1 aliphatic rings. The van der Waals surface area contributed by atoms with Crippen LogP contribution in [0.25, 0.3) is 11.0 Å². The second-order valence-corrected chi connectivity index (χ2v) is 8.84. The van der Waals surface area contributed by atoms with Gasteiger partial charge in [0.2, 0.25) is 0 Å². The molecule has 0 aromatic carbocycles. The van der Waals surface area contributed by atoms with Crippen LogP contribution < -0.4 is 16.6 Å². The molecular weight excluding hydrogens is 356 g/mol. The maximum Gasteiger partial charge on any atom is 0.329 e. The molecule has 7 heteroatoms. The first kappa shape index (κ1) is 20.3. The highest BCUT2D eigenvalue weighted by Gasteiger charge is 2.35. The van der Waals surface area contributed by atoms with Gasteiger partial charge in [-0.2, -0.15) is 0 Å². The quantitative estimate of drug-likeness (QED) is 0.844. The van der Waals surface area contributed by atoms with Gasteiger partial charge in [0, 0.05) is 18.8 Å². The molecule has 2 heterocycles. The molecule has 0 bridgehead atoms. The van der Waals surface area contributed by atoms with Gasteiger partial charge in [-0.05, 0) is 36.7 Å². The number of carbonyl (C=O) groups is 1. The number of H-pyrrole nitrogens is 1. The average molecular weight is 386 g/mol. The van der Waals surface area contributed by atoms with Gasteiger partial charge in [0.05, 0.1) is 10.9 Å². The molecule has 1 amide bonds. The van der Waals surface area contributed by atoms with E-state index < -0.39 is 11.2 Å². The Morgan fingerprint density at radius 2 is 2.00 bits per heavy atom. The Labute approximate surface area is 164 Å². The van der Waals surface area contributed by atoms with E-state index in [1.165, 1.54) is 23.3 Å². The minimum Gasteiger partial charge on any atom is -0.349 e. The number of nitrogens with one attached hydrogen (secondary N) is 2. The summed E-state index contributed by atoms with van der Waals surface area (Å²) in [5, 5.41) is 3.43. The number of hydrogen-bond acceptors (Lipinski definition) is 4. The number of aromatic nitrogens is 3. The van der Waals surface area contributed by atoms with Gasteiger partial charge < -0.3 is 5.32 Å². The predicted molar refractivity (Wildman–Crippen MR) is 110 cm³/mol. The van der Waals surface area contributed by atoms with Crippen LogP contribution in [-0.4, -0.2) is 26.5 Å². The first-order valence-electron chi connectivity index (χ1n) is 10.2. The van der Waals surface area contributed by atoms with E-state index in [-0.39, 0.29) is 22.8 Å². The summed E-state index contributed by atoms with van der Waals surface area (Å²) >= 11 is 0. The van der Waals surface area contributed by atoms with Crippen molar-refractivity contribution in [2.24, 2.45) is 11.3 Å². The van der Waals surface area contributed by atoms with Crippen molar-refractivity contribution in [3.05, 3.63) is 38.7 Å². The smallest absolute Gasteiger partial charge is 0.329 e. The van der Waals surface area contributed by atoms with Crippen molar-refractivity contribution in [3.8, 4) is 0 Å². The van der Waals surface area contributed by atoms with Crippen LogP contribution in [0.15, 0.2) is 21.9 Å². The Kier molecular flexibility index (Phi) is 5.72. The zero-order valence-corrected chi connectivity index (χ0v) is 17.2. The standard InChI is InChI=1S/C21H30N4O3/c1-5-10-25-17-14(19(27)24-20(25)28)11-13(12-22-17)18(26)23-16-9-7-6-8-15(16)21(2,3)4/h11-12,15-16H,5-10H2,1-4H3,(H,23,26)(H,24,27,28)/t15-,16+/m0/s1. The lowest BCUT2D eigenvalue weighted by Crippen LogP contribution is -2.46. The maximum atomic E-state index is 12.9. The summed E-state index contributed by atoms with van der Waals surface area (Å²) in [6.07, 6.45) is 6.56.